The van der Waals surface area contributed by atoms with Crippen LogP contribution in [-0.2, 0) is 13.0 Å². The Hall–Kier alpha value is -2.50. The zero-order valence-corrected chi connectivity index (χ0v) is 14.5. The molecule has 2 atom stereocenters. The van der Waals surface area contributed by atoms with Crippen molar-refractivity contribution < 1.29 is 9.53 Å². The first kappa shape index (κ1) is 17.8. The summed E-state index contributed by atoms with van der Waals surface area (Å²) in [4.78, 5) is 12.0. The number of aromatic nitrogens is 2. The predicted molar refractivity (Wildman–Crippen MR) is 94.1 cm³/mol. The lowest BCUT2D eigenvalue weighted by molar-refractivity contribution is 0.232. The number of aryl methyl sites for hydroxylation is 1. The van der Waals surface area contributed by atoms with Gasteiger partial charge >= 0.3 is 6.03 Å². The third-order valence-corrected chi connectivity index (χ3v) is 3.80. The summed E-state index contributed by atoms with van der Waals surface area (Å²) in [5.41, 5.74) is 1.23. The molecule has 6 heteroatoms. The van der Waals surface area contributed by atoms with Crippen molar-refractivity contribution in [2.75, 3.05) is 7.11 Å². The summed E-state index contributed by atoms with van der Waals surface area (Å²) in [5.74, 6) is 0.857. The normalized spacial score (nSPS) is 13.1. The second-order valence-electron chi connectivity index (χ2n) is 6.03. The number of carbonyl (C=O) groups is 1. The molecule has 0 aliphatic heterocycles. The van der Waals surface area contributed by atoms with E-state index in [0.717, 1.165) is 18.6 Å². The van der Waals surface area contributed by atoms with E-state index in [0.29, 0.717) is 6.54 Å². The van der Waals surface area contributed by atoms with Crippen LogP contribution in [0.5, 0.6) is 5.75 Å². The summed E-state index contributed by atoms with van der Waals surface area (Å²) in [7, 11) is 1.66. The van der Waals surface area contributed by atoms with Gasteiger partial charge in [-0.3, -0.25) is 4.68 Å². The van der Waals surface area contributed by atoms with Crippen molar-refractivity contribution >= 4 is 6.03 Å². The molecule has 1 aromatic heterocycles. The highest BCUT2D eigenvalue weighted by atomic mass is 16.5. The number of nitrogens with one attached hydrogen (secondary N) is 2. The van der Waals surface area contributed by atoms with E-state index in [1.54, 1.807) is 18.0 Å². The number of rotatable bonds is 8. The lowest BCUT2D eigenvalue weighted by Crippen LogP contribution is -2.45. The maximum atomic E-state index is 12.0. The molecule has 2 amide bonds. The van der Waals surface area contributed by atoms with Crippen LogP contribution < -0.4 is 15.4 Å². The van der Waals surface area contributed by atoms with Crippen LogP contribution in [0.15, 0.2) is 42.7 Å². The number of amides is 2. The van der Waals surface area contributed by atoms with Crippen LogP contribution in [0.3, 0.4) is 0 Å². The molecule has 0 spiro atoms. The van der Waals surface area contributed by atoms with Crippen molar-refractivity contribution in [3.05, 3.63) is 48.3 Å². The van der Waals surface area contributed by atoms with Crippen molar-refractivity contribution in [1.82, 2.24) is 20.4 Å². The van der Waals surface area contributed by atoms with Gasteiger partial charge in [-0.05, 0) is 50.5 Å². The fourth-order valence-corrected chi connectivity index (χ4v) is 2.47. The average molecular weight is 330 g/mol. The van der Waals surface area contributed by atoms with Gasteiger partial charge in [0, 0.05) is 24.5 Å². The first-order chi connectivity index (χ1) is 11.6. The van der Waals surface area contributed by atoms with Crippen molar-refractivity contribution in [1.29, 1.82) is 0 Å². The van der Waals surface area contributed by atoms with E-state index < -0.39 is 0 Å². The Labute approximate surface area is 143 Å². The molecule has 0 aliphatic rings. The molecule has 24 heavy (non-hydrogen) atoms. The summed E-state index contributed by atoms with van der Waals surface area (Å²) >= 11 is 0. The second kappa shape index (κ2) is 8.96. The fourth-order valence-electron chi connectivity index (χ4n) is 2.47. The van der Waals surface area contributed by atoms with E-state index >= 15 is 0 Å². The Morgan fingerprint density at radius 2 is 1.92 bits per heavy atom. The van der Waals surface area contributed by atoms with Crippen LogP contribution in [-0.4, -0.2) is 35.0 Å². The molecule has 0 bridgehead atoms. The van der Waals surface area contributed by atoms with E-state index in [4.69, 9.17) is 4.74 Å². The first-order valence-corrected chi connectivity index (χ1v) is 8.24. The number of hydrogen-bond acceptors (Lipinski definition) is 3. The molecule has 2 N–H and O–H groups in total. The molecular weight excluding hydrogens is 304 g/mol. The molecule has 0 fully saturated rings. The Morgan fingerprint density at radius 3 is 2.54 bits per heavy atom. The summed E-state index contributed by atoms with van der Waals surface area (Å²) in [6, 6.07) is 9.86. The van der Waals surface area contributed by atoms with E-state index in [2.05, 4.69) is 27.9 Å². The first-order valence-electron chi connectivity index (χ1n) is 8.24. The van der Waals surface area contributed by atoms with Gasteiger partial charge in [-0.15, -0.1) is 0 Å². The molecule has 2 aromatic rings. The summed E-state index contributed by atoms with van der Waals surface area (Å²) < 4.78 is 6.95. The van der Waals surface area contributed by atoms with Gasteiger partial charge in [0.1, 0.15) is 5.75 Å². The highest BCUT2D eigenvalue weighted by Gasteiger charge is 2.11. The molecule has 0 saturated carbocycles. The fraction of sp³-hybridized carbons (Fsp3) is 0.444. The largest absolute Gasteiger partial charge is 0.497 e. The molecule has 2 rings (SSSR count). The highest BCUT2D eigenvalue weighted by molar-refractivity contribution is 5.74. The monoisotopic (exact) mass is 330 g/mol. The zero-order chi connectivity index (χ0) is 17.4. The minimum atomic E-state index is -0.142. The number of carbonyl (C=O) groups excluding carboxylic acids is 1. The molecule has 0 radical (unpaired) electrons. The molecule has 0 saturated heterocycles. The van der Waals surface area contributed by atoms with Crippen molar-refractivity contribution in [2.24, 2.45) is 0 Å². The van der Waals surface area contributed by atoms with Crippen LogP contribution in [0.25, 0.3) is 0 Å². The Kier molecular flexibility index (Phi) is 6.66. The van der Waals surface area contributed by atoms with Gasteiger partial charge < -0.3 is 15.4 Å². The van der Waals surface area contributed by atoms with Crippen LogP contribution >= 0.6 is 0 Å². The maximum Gasteiger partial charge on any atom is 0.315 e. The lowest BCUT2D eigenvalue weighted by Gasteiger charge is -2.18. The number of nitrogens with zero attached hydrogens (tertiary/aromatic N) is 2. The van der Waals surface area contributed by atoms with E-state index in [1.807, 2.05) is 38.2 Å². The quantitative estimate of drug-likeness (QED) is 0.782. The van der Waals surface area contributed by atoms with Gasteiger partial charge in [0.2, 0.25) is 0 Å². The molecule has 0 aliphatic carbocycles. The topological polar surface area (TPSA) is 68.2 Å². The van der Waals surface area contributed by atoms with E-state index in [1.165, 1.54) is 5.56 Å². The molecule has 1 aromatic carbocycles. The van der Waals surface area contributed by atoms with Gasteiger partial charge in [0.25, 0.3) is 0 Å². The Balaban J connectivity index is 1.68. The van der Waals surface area contributed by atoms with Gasteiger partial charge in [-0.25, -0.2) is 4.79 Å². The standard InChI is InChI=1S/C18H26N4O2/c1-14(5-6-16-7-9-17(24-3)10-8-16)20-18(23)21-15(2)13-22-12-4-11-19-22/h4,7-12,14-15H,5-6,13H2,1-3H3,(H2,20,21,23)/t14-,15-/m0/s1. The summed E-state index contributed by atoms with van der Waals surface area (Å²) in [5, 5.41) is 10.0. The smallest absolute Gasteiger partial charge is 0.315 e. The summed E-state index contributed by atoms with van der Waals surface area (Å²) in [6.45, 7) is 4.63. The van der Waals surface area contributed by atoms with Gasteiger partial charge in [-0.1, -0.05) is 12.1 Å². The third kappa shape index (κ3) is 5.95. The number of ether oxygens (including phenoxy) is 1. The minimum Gasteiger partial charge on any atom is -0.497 e. The van der Waals surface area contributed by atoms with Crippen LogP contribution in [0.2, 0.25) is 0 Å². The number of urea groups is 1. The molecule has 6 nitrogen and oxygen atoms in total. The molecule has 1 heterocycles. The zero-order valence-electron chi connectivity index (χ0n) is 14.5. The number of methoxy groups -OCH3 is 1. The second-order valence-corrected chi connectivity index (χ2v) is 6.03. The van der Waals surface area contributed by atoms with E-state index in [9.17, 15) is 4.79 Å². The van der Waals surface area contributed by atoms with Crippen molar-refractivity contribution in [3.8, 4) is 5.75 Å². The maximum absolute atomic E-state index is 12.0. The predicted octanol–water partition coefficient (Wildman–Crippen LogP) is 2.60. The highest BCUT2D eigenvalue weighted by Crippen LogP contribution is 2.13. The van der Waals surface area contributed by atoms with Crippen molar-refractivity contribution in [3.63, 3.8) is 0 Å². The average Bonchev–Trinajstić information content (AvgIpc) is 3.06. The van der Waals surface area contributed by atoms with Crippen LogP contribution in [0.1, 0.15) is 25.8 Å². The van der Waals surface area contributed by atoms with Crippen LogP contribution in [0, 0.1) is 0 Å². The lowest BCUT2D eigenvalue weighted by atomic mass is 10.1. The minimum absolute atomic E-state index is 0.0127. The summed E-state index contributed by atoms with van der Waals surface area (Å²) in [6.07, 6.45) is 5.41. The van der Waals surface area contributed by atoms with E-state index in [-0.39, 0.29) is 18.1 Å². The number of benzene rings is 1. The Morgan fingerprint density at radius 1 is 1.21 bits per heavy atom. The molecular formula is C18H26N4O2. The molecule has 130 valence electrons. The Bertz CT molecular complexity index is 610. The van der Waals surface area contributed by atoms with Gasteiger partial charge in [0.05, 0.1) is 13.7 Å². The SMILES string of the molecule is COc1ccc(CC[C@H](C)NC(=O)N[C@@H](C)Cn2cccn2)cc1. The van der Waals surface area contributed by atoms with Crippen LogP contribution in [0.4, 0.5) is 4.79 Å². The van der Waals surface area contributed by atoms with Crippen molar-refractivity contribution in [2.45, 2.75) is 45.3 Å². The van der Waals surface area contributed by atoms with Gasteiger partial charge in [-0.2, -0.15) is 5.10 Å². The molecule has 0 unspecified atom stereocenters. The third-order valence-electron chi connectivity index (χ3n) is 3.80. The number of hydrogen-bond donors (Lipinski definition) is 2. The van der Waals surface area contributed by atoms with Gasteiger partial charge in [0.15, 0.2) is 0 Å².